The fraction of sp³-hybridized carbons (Fsp3) is 0.414. The topological polar surface area (TPSA) is 99.9 Å². The molecule has 0 spiro atoms. The number of nitriles is 1. The maximum absolute atomic E-state index is 12.5. The zero-order valence-electron chi connectivity index (χ0n) is 22.0. The molecular weight excluding hydrogens is 518 g/mol. The van der Waals surface area contributed by atoms with Gasteiger partial charge in [-0.15, -0.1) is 0 Å². The van der Waals surface area contributed by atoms with Gasteiger partial charge in [0.05, 0.1) is 23.9 Å². The summed E-state index contributed by atoms with van der Waals surface area (Å²) in [5, 5.41) is 14.4. The number of methoxy groups -OCH3 is 1. The summed E-state index contributed by atoms with van der Waals surface area (Å²) >= 11 is 6.17. The molecule has 0 aliphatic carbocycles. The van der Waals surface area contributed by atoms with Crippen LogP contribution in [0, 0.1) is 11.3 Å². The Morgan fingerprint density at radius 1 is 1.15 bits per heavy atom. The summed E-state index contributed by atoms with van der Waals surface area (Å²) in [4.78, 5) is 21.1. The number of piperidine rings is 1. The van der Waals surface area contributed by atoms with Gasteiger partial charge in [0, 0.05) is 60.8 Å². The molecule has 0 radical (unpaired) electrons. The standard InChI is InChI=1S/C29H32ClN5O4/c1-37-26-17-25-24(28(20(18-31)19-32-25)33-22-6-4-5-21(30)15-22)16-27(26)39-23-7-11-35(12-8-23)29(36)38-14-13-34-9-2-3-10-34/h4-6,15-17,19,23H,2-3,7-14H2,1H3,(H,32,33). The monoisotopic (exact) mass is 549 g/mol. The van der Waals surface area contributed by atoms with Crippen LogP contribution in [0.1, 0.15) is 31.2 Å². The van der Waals surface area contributed by atoms with E-state index in [2.05, 4.69) is 21.3 Å². The maximum atomic E-state index is 12.5. The van der Waals surface area contributed by atoms with Crippen LogP contribution in [0.4, 0.5) is 16.2 Å². The van der Waals surface area contributed by atoms with Gasteiger partial charge in [0.2, 0.25) is 0 Å². The number of likely N-dealkylation sites (tertiary alicyclic amines) is 2. The number of anilines is 2. The molecule has 0 unspecified atom stereocenters. The van der Waals surface area contributed by atoms with Crippen LogP contribution >= 0.6 is 11.6 Å². The summed E-state index contributed by atoms with van der Waals surface area (Å²) in [5.41, 5.74) is 2.43. The van der Waals surface area contributed by atoms with Crippen LogP contribution in [0.25, 0.3) is 10.9 Å². The number of ether oxygens (including phenoxy) is 3. The van der Waals surface area contributed by atoms with Gasteiger partial charge in [-0.25, -0.2) is 4.79 Å². The Bertz CT molecular complexity index is 1360. The van der Waals surface area contributed by atoms with Crippen molar-refractivity contribution in [3.05, 3.63) is 53.2 Å². The molecule has 204 valence electrons. The first-order valence-electron chi connectivity index (χ1n) is 13.3. The SMILES string of the molecule is COc1cc2ncc(C#N)c(Nc3cccc(Cl)c3)c2cc1OC1CCN(C(=O)OCCN2CCCC2)CC1. The second-order valence-corrected chi connectivity index (χ2v) is 10.2. The number of benzene rings is 2. The van der Waals surface area contributed by atoms with Crippen molar-refractivity contribution in [1.82, 2.24) is 14.8 Å². The number of nitrogens with one attached hydrogen (secondary N) is 1. The van der Waals surface area contributed by atoms with Crippen molar-refractivity contribution < 1.29 is 19.0 Å². The number of fused-ring (bicyclic) bond motifs is 1. The molecule has 0 saturated carbocycles. The third kappa shape index (κ3) is 6.47. The molecule has 3 heterocycles. The van der Waals surface area contributed by atoms with Crippen LogP contribution in [-0.4, -0.2) is 73.4 Å². The Kier molecular flexibility index (Phi) is 8.54. The number of hydrogen-bond acceptors (Lipinski definition) is 8. The Labute approximate surface area is 233 Å². The van der Waals surface area contributed by atoms with Crippen LogP contribution in [-0.2, 0) is 4.74 Å². The molecule has 1 amide bonds. The number of nitrogens with zero attached hydrogens (tertiary/aromatic N) is 4. The van der Waals surface area contributed by atoms with Gasteiger partial charge >= 0.3 is 6.09 Å². The molecule has 1 aromatic heterocycles. The van der Waals surface area contributed by atoms with Crippen molar-refractivity contribution in [1.29, 1.82) is 5.26 Å². The average Bonchev–Trinajstić information content (AvgIpc) is 3.47. The summed E-state index contributed by atoms with van der Waals surface area (Å²) < 4.78 is 17.5. The van der Waals surface area contributed by atoms with Gasteiger partial charge in [0.1, 0.15) is 18.8 Å². The first-order valence-corrected chi connectivity index (χ1v) is 13.7. The largest absolute Gasteiger partial charge is 0.493 e. The zero-order valence-corrected chi connectivity index (χ0v) is 22.7. The van der Waals surface area contributed by atoms with Gasteiger partial charge in [-0.3, -0.25) is 9.88 Å². The van der Waals surface area contributed by atoms with Crippen LogP contribution < -0.4 is 14.8 Å². The minimum atomic E-state index is -0.261. The smallest absolute Gasteiger partial charge is 0.409 e. The fourth-order valence-electron chi connectivity index (χ4n) is 5.08. The van der Waals surface area contributed by atoms with E-state index in [-0.39, 0.29) is 12.2 Å². The van der Waals surface area contributed by atoms with Crippen molar-refractivity contribution >= 4 is 40.0 Å². The van der Waals surface area contributed by atoms with Crippen LogP contribution in [0.3, 0.4) is 0 Å². The lowest BCUT2D eigenvalue weighted by molar-refractivity contribution is 0.0625. The quantitative estimate of drug-likeness (QED) is 0.388. The van der Waals surface area contributed by atoms with E-state index in [0.717, 1.165) is 30.7 Å². The lowest BCUT2D eigenvalue weighted by Gasteiger charge is -2.32. The lowest BCUT2D eigenvalue weighted by Crippen LogP contribution is -2.42. The van der Waals surface area contributed by atoms with E-state index in [1.807, 2.05) is 24.3 Å². The van der Waals surface area contributed by atoms with E-state index in [1.165, 1.54) is 19.0 Å². The van der Waals surface area contributed by atoms with Gasteiger partial charge in [-0.1, -0.05) is 17.7 Å². The molecule has 0 atom stereocenters. The first-order chi connectivity index (χ1) is 19.0. The number of carbonyl (C=O) groups is 1. The summed E-state index contributed by atoms with van der Waals surface area (Å²) in [6.07, 6.45) is 4.97. The van der Waals surface area contributed by atoms with Gasteiger partial charge in [0.25, 0.3) is 0 Å². The number of halogens is 1. The van der Waals surface area contributed by atoms with Gasteiger partial charge in [-0.05, 0) is 50.2 Å². The summed E-state index contributed by atoms with van der Waals surface area (Å²) in [6.45, 7) is 4.52. The van der Waals surface area contributed by atoms with Crippen molar-refractivity contribution in [2.75, 3.05) is 51.8 Å². The van der Waals surface area contributed by atoms with Crippen molar-refractivity contribution in [3.8, 4) is 17.6 Å². The number of hydrogen-bond donors (Lipinski definition) is 1. The van der Waals surface area contributed by atoms with E-state index in [1.54, 1.807) is 24.1 Å². The molecule has 9 nitrogen and oxygen atoms in total. The second-order valence-electron chi connectivity index (χ2n) is 9.78. The number of amides is 1. The molecular formula is C29H32ClN5O4. The highest BCUT2D eigenvalue weighted by molar-refractivity contribution is 6.30. The maximum Gasteiger partial charge on any atom is 0.409 e. The highest BCUT2D eigenvalue weighted by Gasteiger charge is 2.26. The Hall–Kier alpha value is -3.74. The fourth-order valence-corrected chi connectivity index (χ4v) is 5.27. The number of rotatable bonds is 8. The molecule has 3 aromatic rings. The molecule has 2 saturated heterocycles. The molecule has 2 aliphatic rings. The van der Waals surface area contributed by atoms with Crippen LogP contribution in [0.15, 0.2) is 42.6 Å². The average molecular weight is 550 g/mol. The van der Waals surface area contributed by atoms with Crippen LogP contribution in [0.2, 0.25) is 5.02 Å². The molecule has 2 aliphatic heterocycles. The summed E-state index contributed by atoms with van der Waals surface area (Å²) in [6, 6.07) is 13.2. The van der Waals surface area contributed by atoms with Crippen LogP contribution in [0.5, 0.6) is 11.5 Å². The molecule has 0 bridgehead atoms. The Morgan fingerprint density at radius 3 is 2.67 bits per heavy atom. The van der Waals surface area contributed by atoms with Gasteiger partial charge < -0.3 is 24.4 Å². The molecule has 39 heavy (non-hydrogen) atoms. The van der Waals surface area contributed by atoms with E-state index in [4.69, 9.17) is 25.8 Å². The molecule has 2 aromatic carbocycles. The highest BCUT2D eigenvalue weighted by Crippen LogP contribution is 2.38. The first kappa shape index (κ1) is 26.9. The van der Waals surface area contributed by atoms with E-state index >= 15 is 0 Å². The predicted molar refractivity (Wildman–Crippen MR) is 150 cm³/mol. The van der Waals surface area contributed by atoms with Crippen molar-refractivity contribution in [2.45, 2.75) is 31.8 Å². The third-order valence-electron chi connectivity index (χ3n) is 7.19. The lowest BCUT2D eigenvalue weighted by atomic mass is 10.1. The van der Waals surface area contributed by atoms with E-state index in [9.17, 15) is 10.1 Å². The van der Waals surface area contributed by atoms with Crippen molar-refractivity contribution in [3.63, 3.8) is 0 Å². The van der Waals surface area contributed by atoms with Crippen molar-refractivity contribution in [2.24, 2.45) is 0 Å². The van der Waals surface area contributed by atoms with E-state index in [0.29, 0.717) is 65.8 Å². The van der Waals surface area contributed by atoms with Gasteiger partial charge in [0.15, 0.2) is 11.5 Å². The molecule has 10 heteroatoms. The zero-order chi connectivity index (χ0) is 27.2. The number of aromatic nitrogens is 1. The number of pyridine rings is 1. The second kappa shape index (κ2) is 12.4. The normalized spacial score (nSPS) is 16.2. The Morgan fingerprint density at radius 2 is 1.95 bits per heavy atom. The molecule has 1 N–H and O–H groups in total. The molecule has 2 fully saturated rings. The summed E-state index contributed by atoms with van der Waals surface area (Å²) in [7, 11) is 1.59. The minimum absolute atomic E-state index is 0.0959. The Balaban J connectivity index is 1.28. The van der Waals surface area contributed by atoms with Gasteiger partial charge in [-0.2, -0.15) is 5.26 Å². The van der Waals surface area contributed by atoms with E-state index < -0.39 is 0 Å². The minimum Gasteiger partial charge on any atom is -0.493 e. The summed E-state index contributed by atoms with van der Waals surface area (Å²) in [5.74, 6) is 1.11. The number of carbonyl (C=O) groups excluding carboxylic acids is 1. The predicted octanol–water partition coefficient (Wildman–Crippen LogP) is 5.59. The highest BCUT2D eigenvalue weighted by atomic mass is 35.5. The third-order valence-corrected chi connectivity index (χ3v) is 7.43. The molecule has 5 rings (SSSR count).